The molecule has 0 saturated carbocycles. The quantitative estimate of drug-likeness (QED) is 0.683. The minimum Gasteiger partial charge on any atom is -0.378 e. The Morgan fingerprint density at radius 3 is 2.34 bits per heavy atom. The number of imide groups is 1. The minimum atomic E-state index is -0.399. The summed E-state index contributed by atoms with van der Waals surface area (Å²) in [6.07, 6.45) is 0. The fourth-order valence-corrected chi connectivity index (χ4v) is 4.02. The molecule has 0 aromatic heterocycles. The van der Waals surface area contributed by atoms with E-state index in [1.165, 1.54) is 0 Å². The topological polar surface area (TPSA) is 49.9 Å². The van der Waals surface area contributed by atoms with Gasteiger partial charge in [0.25, 0.3) is 11.8 Å². The van der Waals surface area contributed by atoms with Gasteiger partial charge >= 0.3 is 0 Å². The van der Waals surface area contributed by atoms with E-state index >= 15 is 0 Å². The molecule has 2 aromatic carbocycles. The lowest BCUT2D eigenvalue weighted by molar-refractivity contribution is -0.121. The lowest BCUT2D eigenvalue weighted by Gasteiger charge is -2.29. The summed E-state index contributed by atoms with van der Waals surface area (Å²) in [4.78, 5) is 30.0. The number of amides is 2. The van der Waals surface area contributed by atoms with Gasteiger partial charge in [0.15, 0.2) is 0 Å². The lowest BCUT2D eigenvalue weighted by atomic mass is 9.99. The lowest BCUT2D eigenvalue weighted by Crippen LogP contribution is -2.40. The first kappa shape index (κ1) is 20.0. The molecule has 0 unspecified atom stereocenters. The summed E-state index contributed by atoms with van der Waals surface area (Å²) in [6.45, 7) is 6.09. The van der Waals surface area contributed by atoms with Crippen molar-refractivity contribution in [1.29, 1.82) is 0 Å². The van der Waals surface area contributed by atoms with Gasteiger partial charge in [-0.15, -0.1) is 0 Å². The molecule has 0 atom stereocenters. The number of aryl methyl sites for hydroxylation is 2. The number of halogens is 2. The van der Waals surface area contributed by atoms with Crippen LogP contribution in [-0.2, 0) is 14.3 Å². The number of hydrogen-bond acceptors (Lipinski definition) is 4. The summed E-state index contributed by atoms with van der Waals surface area (Å²) in [6, 6.07) is 10.7. The molecule has 2 aromatic rings. The molecule has 2 heterocycles. The maximum absolute atomic E-state index is 13.5. The molecular formula is C22H20Cl2N2O3. The zero-order valence-electron chi connectivity index (χ0n) is 16.2. The Balaban J connectivity index is 1.88. The Bertz CT molecular complexity index is 1040. The standard InChI is InChI=1S/C22H20Cl2N2O3/c1-13-6-7-15(12-14(13)2)18-20(25-8-10-29-11-9-25)22(28)26(21(18)27)17-5-3-4-16(23)19(17)24/h3-7,12H,8-11H2,1-2H3. The molecule has 150 valence electrons. The maximum Gasteiger partial charge on any atom is 0.282 e. The third-order valence-electron chi connectivity index (χ3n) is 5.35. The van der Waals surface area contributed by atoms with E-state index in [1.54, 1.807) is 18.2 Å². The Labute approximate surface area is 179 Å². The summed E-state index contributed by atoms with van der Waals surface area (Å²) < 4.78 is 5.43. The number of nitrogens with zero attached hydrogens (tertiary/aromatic N) is 2. The van der Waals surface area contributed by atoms with Crippen LogP contribution in [0.1, 0.15) is 16.7 Å². The number of anilines is 1. The van der Waals surface area contributed by atoms with Crippen molar-refractivity contribution in [3.8, 4) is 0 Å². The van der Waals surface area contributed by atoms with Crippen LogP contribution in [0.2, 0.25) is 10.0 Å². The highest BCUT2D eigenvalue weighted by Crippen LogP contribution is 2.40. The van der Waals surface area contributed by atoms with E-state index in [0.717, 1.165) is 16.0 Å². The Kier molecular flexibility index (Phi) is 5.38. The van der Waals surface area contributed by atoms with Crippen LogP contribution >= 0.6 is 23.2 Å². The summed E-state index contributed by atoms with van der Waals surface area (Å²) in [7, 11) is 0. The molecule has 0 aliphatic carbocycles. The third kappa shape index (κ3) is 3.44. The van der Waals surface area contributed by atoms with Crippen LogP contribution in [0.4, 0.5) is 5.69 Å². The van der Waals surface area contributed by atoms with Crippen molar-refractivity contribution < 1.29 is 14.3 Å². The van der Waals surface area contributed by atoms with Gasteiger partial charge in [-0.05, 0) is 42.7 Å². The highest BCUT2D eigenvalue weighted by molar-refractivity contribution is 6.49. The van der Waals surface area contributed by atoms with Crippen molar-refractivity contribution in [3.63, 3.8) is 0 Å². The van der Waals surface area contributed by atoms with Crippen molar-refractivity contribution in [2.45, 2.75) is 13.8 Å². The van der Waals surface area contributed by atoms with Gasteiger partial charge < -0.3 is 9.64 Å². The molecule has 0 radical (unpaired) electrons. The van der Waals surface area contributed by atoms with Gasteiger partial charge in [-0.3, -0.25) is 9.59 Å². The van der Waals surface area contributed by atoms with Gasteiger partial charge in [0, 0.05) is 13.1 Å². The van der Waals surface area contributed by atoms with Gasteiger partial charge in [0.1, 0.15) is 5.70 Å². The van der Waals surface area contributed by atoms with E-state index in [9.17, 15) is 9.59 Å². The predicted octanol–water partition coefficient (Wildman–Crippen LogP) is 4.23. The number of ether oxygens (including phenoxy) is 1. The van der Waals surface area contributed by atoms with Crippen molar-refractivity contribution >= 4 is 46.3 Å². The van der Waals surface area contributed by atoms with Gasteiger partial charge in [-0.1, -0.05) is 47.5 Å². The molecule has 2 aliphatic heterocycles. The molecule has 2 aliphatic rings. The van der Waals surface area contributed by atoms with Gasteiger partial charge in [-0.2, -0.15) is 0 Å². The van der Waals surface area contributed by atoms with Crippen molar-refractivity contribution in [2.24, 2.45) is 0 Å². The number of hydrogen-bond donors (Lipinski definition) is 0. The number of carbonyl (C=O) groups is 2. The summed E-state index contributed by atoms with van der Waals surface area (Å²) in [5.74, 6) is -0.793. The average Bonchev–Trinajstić information content (AvgIpc) is 2.97. The molecule has 4 rings (SSSR count). The van der Waals surface area contributed by atoms with Gasteiger partial charge in [0.05, 0.1) is 34.5 Å². The van der Waals surface area contributed by atoms with Gasteiger partial charge in [0.2, 0.25) is 0 Å². The Morgan fingerprint density at radius 2 is 1.66 bits per heavy atom. The van der Waals surface area contributed by atoms with Gasteiger partial charge in [-0.25, -0.2) is 4.90 Å². The van der Waals surface area contributed by atoms with Crippen LogP contribution in [-0.4, -0.2) is 43.0 Å². The van der Waals surface area contributed by atoms with Crippen molar-refractivity contribution in [1.82, 2.24) is 4.90 Å². The van der Waals surface area contributed by atoms with E-state index < -0.39 is 11.8 Å². The summed E-state index contributed by atoms with van der Waals surface area (Å²) in [5.41, 5.74) is 3.95. The number of benzene rings is 2. The number of rotatable bonds is 3. The molecule has 1 saturated heterocycles. The molecule has 5 nitrogen and oxygen atoms in total. The van der Waals surface area contributed by atoms with Crippen LogP contribution in [0.3, 0.4) is 0 Å². The second-order valence-corrected chi connectivity index (χ2v) is 7.93. The largest absolute Gasteiger partial charge is 0.378 e. The number of morpholine rings is 1. The molecule has 2 amide bonds. The molecule has 7 heteroatoms. The van der Waals surface area contributed by atoms with Crippen molar-refractivity contribution in [3.05, 3.63) is 68.8 Å². The van der Waals surface area contributed by atoms with E-state index in [-0.39, 0.29) is 10.0 Å². The first-order valence-electron chi connectivity index (χ1n) is 9.37. The molecule has 29 heavy (non-hydrogen) atoms. The van der Waals surface area contributed by atoms with Crippen LogP contribution in [0.15, 0.2) is 42.1 Å². The smallest absolute Gasteiger partial charge is 0.282 e. The second-order valence-electron chi connectivity index (χ2n) is 7.14. The molecular weight excluding hydrogens is 411 g/mol. The predicted molar refractivity (Wildman–Crippen MR) is 114 cm³/mol. The second kappa shape index (κ2) is 7.82. The molecule has 0 N–H and O–H groups in total. The van der Waals surface area contributed by atoms with Crippen LogP contribution in [0.5, 0.6) is 0 Å². The molecule has 0 spiro atoms. The monoisotopic (exact) mass is 430 g/mol. The highest BCUT2D eigenvalue weighted by Gasteiger charge is 2.43. The zero-order valence-corrected chi connectivity index (χ0v) is 17.7. The van der Waals surface area contributed by atoms with Crippen LogP contribution in [0, 0.1) is 13.8 Å². The van der Waals surface area contributed by atoms with Crippen LogP contribution < -0.4 is 4.90 Å². The summed E-state index contributed by atoms with van der Waals surface area (Å²) in [5, 5.41) is 0.468. The maximum atomic E-state index is 13.5. The summed E-state index contributed by atoms with van der Waals surface area (Å²) >= 11 is 12.5. The Morgan fingerprint density at radius 1 is 0.931 bits per heavy atom. The van der Waals surface area contributed by atoms with E-state index in [1.807, 2.05) is 36.9 Å². The average molecular weight is 431 g/mol. The number of carbonyl (C=O) groups excluding carboxylic acids is 2. The van der Waals surface area contributed by atoms with Crippen molar-refractivity contribution in [2.75, 3.05) is 31.2 Å². The Hall–Kier alpha value is -2.34. The van der Waals surface area contributed by atoms with Crippen LogP contribution in [0.25, 0.3) is 5.57 Å². The third-order valence-corrected chi connectivity index (χ3v) is 6.16. The first-order valence-corrected chi connectivity index (χ1v) is 10.1. The molecule has 1 fully saturated rings. The fraction of sp³-hybridized carbons (Fsp3) is 0.273. The highest BCUT2D eigenvalue weighted by atomic mass is 35.5. The van der Waals surface area contributed by atoms with E-state index in [0.29, 0.717) is 48.8 Å². The normalized spacial score (nSPS) is 17.5. The first-order chi connectivity index (χ1) is 13.9. The van der Waals surface area contributed by atoms with E-state index in [2.05, 4.69) is 0 Å². The fourth-order valence-electron chi connectivity index (χ4n) is 3.64. The SMILES string of the molecule is Cc1ccc(C2=C(N3CCOCC3)C(=O)N(c3cccc(Cl)c3Cl)C2=O)cc1C. The minimum absolute atomic E-state index is 0.179. The molecule has 0 bridgehead atoms. The van der Waals surface area contributed by atoms with E-state index in [4.69, 9.17) is 27.9 Å². The zero-order chi connectivity index (χ0) is 20.7.